The summed E-state index contributed by atoms with van der Waals surface area (Å²) in [5, 5.41) is 12.6. The standard InChI is InChI=1S/C22H27FN6O/c1-3-21(28-14-12-27(13-15-28)19-8-6-18(23)7-9-19)22-24-25-26-29(22)16-17-4-10-20(30-2)11-5-17/h4-11,21H,3,12-16H2,1-2H3/p+1/t21-/m1/s1. The molecule has 1 aliphatic heterocycles. The molecule has 0 unspecified atom stereocenters. The van der Waals surface area contributed by atoms with Crippen LogP contribution >= 0.6 is 0 Å². The van der Waals surface area contributed by atoms with Crippen molar-refractivity contribution in [3.05, 3.63) is 65.7 Å². The molecule has 3 aromatic rings. The van der Waals surface area contributed by atoms with Crippen LogP contribution in [-0.4, -0.2) is 53.5 Å². The third-order valence-electron chi connectivity index (χ3n) is 5.86. The molecule has 0 radical (unpaired) electrons. The molecule has 4 rings (SSSR count). The fourth-order valence-electron chi connectivity index (χ4n) is 4.18. The van der Waals surface area contributed by atoms with Gasteiger partial charge in [-0.15, -0.1) is 5.10 Å². The van der Waals surface area contributed by atoms with Gasteiger partial charge in [-0.1, -0.05) is 19.1 Å². The average Bonchev–Trinajstić information content (AvgIpc) is 3.24. The van der Waals surface area contributed by atoms with E-state index in [9.17, 15) is 4.39 Å². The summed E-state index contributed by atoms with van der Waals surface area (Å²) in [6.45, 7) is 6.67. The normalized spacial score (nSPS) is 15.9. The zero-order valence-corrected chi connectivity index (χ0v) is 17.5. The Morgan fingerprint density at radius 1 is 1.07 bits per heavy atom. The molecule has 30 heavy (non-hydrogen) atoms. The molecule has 1 atom stereocenters. The van der Waals surface area contributed by atoms with Crippen molar-refractivity contribution in [2.45, 2.75) is 25.9 Å². The van der Waals surface area contributed by atoms with Gasteiger partial charge in [0.15, 0.2) is 0 Å². The molecule has 2 aromatic carbocycles. The summed E-state index contributed by atoms with van der Waals surface area (Å²) in [5.41, 5.74) is 2.21. The van der Waals surface area contributed by atoms with Crippen LogP contribution in [-0.2, 0) is 6.54 Å². The predicted octanol–water partition coefficient (Wildman–Crippen LogP) is 1.73. The minimum Gasteiger partial charge on any atom is -0.497 e. The Labute approximate surface area is 176 Å². The minimum atomic E-state index is -0.197. The maximum atomic E-state index is 13.2. The van der Waals surface area contributed by atoms with Crippen LogP contribution in [0.15, 0.2) is 48.5 Å². The van der Waals surface area contributed by atoms with Crippen molar-refractivity contribution >= 4 is 5.69 Å². The van der Waals surface area contributed by atoms with Gasteiger partial charge in [0.25, 0.3) is 0 Å². The van der Waals surface area contributed by atoms with E-state index in [0.717, 1.165) is 55.4 Å². The van der Waals surface area contributed by atoms with E-state index in [0.29, 0.717) is 6.54 Å². The molecule has 1 fully saturated rings. The van der Waals surface area contributed by atoms with Crippen LogP contribution < -0.4 is 14.5 Å². The maximum absolute atomic E-state index is 13.2. The van der Waals surface area contributed by atoms with Crippen LogP contribution in [0, 0.1) is 5.82 Å². The molecular weight excluding hydrogens is 383 g/mol. The Bertz CT molecular complexity index is 935. The van der Waals surface area contributed by atoms with Gasteiger partial charge in [-0.25, -0.2) is 9.07 Å². The van der Waals surface area contributed by atoms with Gasteiger partial charge in [0.2, 0.25) is 5.82 Å². The fraction of sp³-hybridized carbons (Fsp3) is 0.409. The number of halogens is 1. The van der Waals surface area contributed by atoms with Crippen molar-refractivity contribution in [1.82, 2.24) is 20.2 Å². The van der Waals surface area contributed by atoms with Crippen LogP contribution in [0.1, 0.15) is 30.8 Å². The van der Waals surface area contributed by atoms with Crippen LogP contribution in [0.2, 0.25) is 0 Å². The number of quaternary nitrogens is 1. The summed E-state index contributed by atoms with van der Waals surface area (Å²) in [6.07, 6.45) is 0.967. The lowest BCUT2D eigenvalue weighted by Crippen LogP contribution is -3.15. The minimum absolute atomic E-state index is 0.197. The van der Waals surface area contributed by atoms with E-state index in [-0.39, 0.29) is 11.9 Å². The topological polar surface area (TPSA) is 60.5 Å². The summed E-state index contributed by atoms with van der Waals surface area (Å²) in [7, 11) is 1.67. The molecule has 0 bridgehead atoms. The first-order valence-electron chi connectivity index (χ1n) is 10.4. The van der Waals surface area contributed by atoms with E-state index in [1.807, 2.05) is 41.1 Å². The highest BCUT2D eigenvalue weighted by atomic mass is 19.1. The smallest absolute Gasteiger partial charge is 0.209 e. The van der Waals surface area contributed by atoms with Crippen LogP contribution in [0.25, 0.3) is 0 Å². The Morgan fingerprint density at radius 3 is 2.40 bits per heavy atom. The largest absolute Gasteiger partial charge is 0.497 e. The monoisotopic (exact) mass is 411 g/mol. The third kappa shape index (κ3) is 4.43. The summed E-state index contributed by atoms with van der Waals surface area (Å²) in [4.78, 5) is 3.80. The molecule has 1 aliphatic rings. The van der Waals surface area contributed by atoms with Gasteiger partial charge in [0, 0.05) is 12.1 Å². The Kier molecular flexibility index (Phi) is 6.23. The lowest BCUT2D eigenvalue weighted by atomic mass is 10.1. The number of tetrazole rings is 1. The van der Waals surface area contributed by atoms with Crippen molar-refractivity contribution in [3.63, 3.8) is 0 Å². The van der Waals surface area contributed by atoms with Crippen LogP contribution in [0.4, 0.5) is 10.1 Å². The van der Waals surface area contributed by atoms with E-state index in [1.165, 1.54) is 17.0 Å². The number of nitrogens with zero attached hydrogens (tertiary/aromatic N) is 5. The Morgan fingerprint density at radius 2 is 1.77 bits per heavy atom. The highest BCUT2D eigenvalue weighted by molar-refractivity contribution is 5.46. The van der Waals surface area contributed by atoms with E-state index in [4.69, 9.17) is 4.74 Å². The van der Waals surface area contributed by atoms with E-state index in [1.54, 1.807) is 7.11 Å². The molecule has 1 saturated heterocycles. The van der Waals surface area contributed by atoms with Crippen molar-refractivity contribution in [1.29, 1.82) is 0 Å². The number of benzene rings is 2. The number of hydrogen-bond acceptors (Lipinski definition) is 5. The number of aromatic nitrogens is 4. The number of methoxy groups -OCH3 is 1. The van der Waals surface area contributed by atoms with Gasteiger partial charge >= 0.3 is 0 Å². The van der Waals surface area contributed by atoms with E-state index in [2.05, 4.69) is 27.3 Å². The predicted molar refractivity (Wildman–Crippen MR) is 112 cm³/mol. The van der Waals surface area contributed by atoms with Gasteiger partial charge in [-0.05, 0) is 52.4 Å². The summed E-state index contributed by atoms with van der Waals surface area (Å²) in [6, 6.07) is 15.0. The number of nitrogens with one attached hydrogen (secondary N) is 1. The van der Waals surface area contributed by atoms with Crippen LogP contribution in [0.3, 0.4) is 0 Å². The molecule has 0 aliphatic carbocycles. The van der Waals surface area contributed by atoms with Crippen molar-refractivity contribution in [3.8, 4) is 5.75 Å². The number of hydrogen-bond donors (Lipinski definition) is 1. The molecule has 2 heterocycles. The molecule has 7 nitrogen and oxygen atoms in total. The summed E-state index contributed by atoms with van der Waals surface area (Å²) >= 11 is 0. The lowest BCUT2D eigenvalue weighted by Gasteiger charge is -2.36. The molecule has 0 amide bonds. The fourth-order valence-corrected chi connectivity index (χ4v) is 4.18. The highest BCUT2D eigenvalue weighted by Crippen LogP contribution is 2.17. The average molecular weight is 412 g/mol. The second kappa shape index (κ2) is 9.21. The number of rotatable bonds is 7. The van der Waals surface area contributed by atoms with E-state index >= 15 is 0 Å². The summed E-state index contributed by atoms with van der Waals surface area (Å²) < 4.78 is 20.4. The molecule has 0 spiro atoms. The first-order valence-corrected chi connectivity index (χ1v) is 10.4. The maximum Gasteiger partial charge on any atom is 0.209 e. The molecular formula is C22H28FN6O+. The Balaban J connectivity index is 1.43. The van der Waals surface area contributed by atoms with Gasteiger partial charge in [0.1, 0.15) is 17.6 Å². The lowest BCUT2D eigenvalue weighted by molar-refractivity contribution is -0.933. The second-order valence-electron chi connectivity index (χ2n) is 7.63. The van der Waals surface area contributed by atoms with Gasteiger partial charge in [-0.2, -0.15) is 0 Å². The molecule has 8 heteroatoms. The number of anilines is 1. The molecule has 1 N–H and O–H groups in total. The van der Waals surface area contributed by atoms with E-state index < -0.39 is 0 Å². The van der Waals surface area contributed by atoms with Gasteiger partial charge < -0.3 is 14.5 Å². The van der Waals surface area contributed by atoms with Gasteiger partial charge in [-0.3, -0.25) is 0 Å². The third-order valence-corrected chi connectivity index (χ3v) is 5.86. The molecule has 0 saturated carbocycles. The van der Waals surface area contributed by atoms with Gasteiger partial charge in [0.05, 0.1) is 39.8 Å². The molecule has 1 aromatic heterocycles. The number of ether oxygens (including phenoxy) is 1. The SMILES string of the molecule is CC[C@H](c1nnnn1Cc1ccc(OC)cc1)[NH+]1CCN(c2ccc(F)cc2)CC1. The first-order chi connectivity index (χ1) is 14.7. The van der Waals surface area contributed by atoms with Crippen molar-refractivity contribution in [2.75, 3.05) is 38.2 Å². The molecule has 158 valence electrons. The van der Waals surface area contributed by atoms with Crippen molar-refractivity contribution in [2.24, 2.45) is 0 Å². The highest BCUT2D eigenvalue weighted by Gasteiger charge is 2.31. The number of piperazine rings is 1. The zero-order chi connectivity index (χ0) is 20.9. The Hall–Kier alpha value is -3.00. The zero-order valence-electron chi connectivity index (χ0n) is 17.5. The van der Waals surface area contributed by atoms with Crippen molar-refractivity contribution < 1.29 is 14.0 Å². The van der Waals surface area contributed by atoms with Crippen LogP contribution in [0.5, 0.6) is 5.75 Å². The second-order valence-corrected chi connectivity index (χ2v) is 7.63. The quantitative estimate of drug-likeness (QED) is 0.642. The summed E-state index contributed by atoms with van der Waals surface area (Å²) in [5.74, 6) is 1.57. The first kappa shape index (κ1) is 20.3.